The molecule has 0 fully saturated rings. The molecule has 380 valence electrons. The smallest absolute Gasteiger partial charge is 0.306 e. The summed E-state index contributed by atoms with van der Waals surface area (Å²) in [4.78, 5) is 38.1. The number of hydrogen-bond donors (Lipinski definition) is 0. The predicted molar refractivity (Wildman–Crippen MR) is 275 cm³/mol. The summed E-state index contributed by atoms with van der Waals surface area (Å²) >= 11 is 0. The van der Waals surface area contributed by atoms with E-state index in [4.69, 9.17) is 14.2 Å². The molecular formula is C58H112O6. The van der Waals surface area contributed by atoms with E-state index >= 15 is 0 Å². The van der Waals surface area contributed by atoms with Gasteiger partial charge in [0, 0.05) is 19.3 Å². The molecule has 0 aromatic carbocycles. The second-order valence-electron chi connectivity index (χ2n) is 20.6. The van der Waals surface area contributed by atoms with Crippen LogP contribution in [0, 0.1) is 11.8 Å². The number of hydrogen-bond acceptors (Lipinski definition) is 6. The van der Waals surface area contributed by atoms with Gasteiger partial charge in [0.2, 0.25) is 0 Å². The topological polar surface area (TPSA) is 78.9 Å². The van der Waals surface area contributed by atoms with Gasteiger partial charge in [-0.2, -0.15) is 0 Å². The van der Waals surface area contributed by atoms with E-state index in [1.165, 1.54) is 212 Å². The summed E-state index contributed by atoms with van der Waals surface area (Å²) in [5.41, 5.74) is 0. The molecule has 0 bridgehead atoms. The Balaban J connectivity index is 4.27. The van der Waals surface area contributed by atoms with E-state index in [0.29, 0.717) is 19.3 Å². The van der Waals surface area contributed by atoms with Gasteiger partial charge in [-0.25, -0.2) is 0 Å². The Kier molecular flexibility index (Phi) is 49.6. The molecule has 0 aromatic heterocycles. The molecule has 0 rings (SSSR count). The average molecular weight is 906 g/mol. The maximum absolute atomic E-state index is 12.8. The maximum atomic E-state index is 12.8. The van der Waals surface area contributed by atoms with E-state index < -0.39 is 6.10 Å². The van der Waals surface area contributed by atoms with Gasteiger partial charge < -0.3 is 14.2 Å². The highest BCUT2D eigenvalue weighted by Crippen LogP contribution is 2.18. The Morgan fingerprint density at radius 2 is 0.594 bits per heavy atom. The molecule has 6 heteroatoms. The van der Waals surface area contributed by atoms with Crippen molar-refractivity contribution in [1.29, 1.82) is 0 Å². The first-order chi connectivity index (χ1) is 31.3. The molecular weight excluding hydrogens is 793 g/mol. The molecule has 0 aliphatic rings. The van der Waals surface area contributed by atoms with Crippen molar-refractivity contribution in [2.24, 2.45) is 11.8 Å². The molecule has 0 N–H and O–H groups in total. The third kappa shape index (κ3) is 49.8. The first-order valence-electron chi connectivity index (χ1n) is 28.8. The van der Waals surface area contributed by atoms with Crippen LogP contribution in [0.1, 0.15) is 324 Å². The zero-order valence-electron chi connectivity index (χ0n) is 43.9. The number of rotatable bonds is 52. The minimum atomic E-state index is -0.763. The molecule has 0 aromatic rings. The van der Waals surface area contributed by atoms with E-state index in [0.717, 1.165) is 69.6 Å². The van der Waals surface area contributed by atoms with Crippen LogP contribution < -0.4 is 0 Å². The average Bonchev–Trinajstić information content (AvgIpc) is 3.28. The highest BCUT2D eigenvalue weighted by atomic mass is 16.6. The second kappa shape index (κ2) is 50.8. The van der Waals surface area contributed by atoms with Gasteiger partial charge in [-0.1, -0.05) is 285 Å². The lowest BCUT2D eigenvalue weighted by atomic mass is 9.99. The third-order valence-corrected chi connectivity index (χ3v) is 13.6. The van der Waals surface area contributed by atoms with Gasteiger partial charge in [-0.05, 0) is 31.1 Å². The minimum Gasteiger partial charge on any atom is -0.462 e. The highest BCUT2D eigenvalue weighted by Gasteiger charge is 2.19. The molecule has 1 unspecified atom stereocenters. The second-order valence-corrected chi connectivity index (χ2v) is 20.6. The zero-order valence-corrected chi connectivity index (χ0v) is 43.9. The fourth-order valence-corrected chi connectivity index (χ4v) is 8.84. The van der Waals surface area contributed by atoms with E-state index in [1.54, 1.807) is 0 Å². The summed E-state index contributed by atoms with van der Waals surface area (Å²) in [6.45, 7) is 11.4. The summed E-state index contributed by atoms with van der Waals surface area (Å²) in [6.07, 6.45) is 53.8. The van der Waals surface area contributed by atoms with Crippen LogP contribution >= 0.6 is 0 Å². The summed E-state index contributed by atoms with van der Waals surface area (Å²) in [6, 6.07) is 0. The number of carbonyl (C=O) groups excluding carboxylic acids is 3. The van der Waals surface area contributed by atoms with Gasteiger partial charge in [-0.15, -0.1) is 0 Å². The standard InChI is InChI=1S/C58H112O6/c1-6-8-9-10-11-12-13-14-15-16-17-18-21-24-27-33-38-43-48-56(59)62-51-55(64-58(61)50-45-40-35-30-29-32-37-42-47-54(5)7-2)52-63-57(60)49-44-39-34-28-25-22-19-20-23-26-31-36-41-46-53(3)4/h53-55H,6-52H2,1-5H3/t54?,55-/m1/s1. The Labute approximate surface area is 399 Å². The SMILES string of the molecule is CCCCCCCCCCCCCCCCCCCCC(=O)OC[C@H](COC(=O)CCCCCCCCCCCCCCCC(C)C)OC(=O)CCCCCCCCCCC(C)CC. The molecule has 64 heavy (non-hydrogen) atoms. The quantitative estimate of drug-likeness (QED) is 0.0344. The van der Waals surface area contributed by atoms with E-state index in [-0.39, 0.29) is 31.1 Å². The lowest BCUT2D eigenvalue weighted by Crippen LogP contribution is -2.30. The normalized spacial score (nSPS) is 12.5. The Morgan fingerprint density at radius 1 is 0.328 bits per heavy atom. The highest BCUT2D eigenvalue weighted by molar-refractivity contribution is 5.71. The molecule has 0 spiro atoms. The van der Waals surface area contributed by atoms with Crippen LogP contribution in [-0.2, 0) is 28.6 Å². The molecule has 0 radical (unpaired) electrons. The van der Waals surface area contributed by atoms with Gasteiger partial charge in [-0.3, -0.25) is 14.4 Å². The molecule has 2 atom stereocenters. The molecule has 0 aliphatic carbocycles. The summed E-state index contributed by atoms with van der Waals surface area (Å²) in [5, 5.41) is 0. The van der Waals surface area contributed by atoms with Crippen LogP contribution in [0.5, 0.6) is 0 Å². The molecule has 0 saturated carbocycles. The zero-order chi connectivity index (χ0) is 46.8. The number of ether oxygens (including phenoxy) is 3. The van der Waals surface area contributed by atoms with Crippen LogP contribution in [0.2, 0.25) is 0 Å². The van der Waals surface area contributed by atoms with E-state index in [9.17, 15) is 14.4 Å². The van der Waals surface area contributed by atoms with Gasteiger partial charge in [0.25, 0.3) is 0 Å². The maximum Gasteiger partial charge on any atom is 0.306 e. The Hall–Kier alpha value is -1.59. The monoisotopic (exact) mass is 905 g/mol. The van der Waals surface area contributed by atoms with Crippen molar-refractivity contribution in [2.45, 2.75) is 330 Å². The minimum absolute atomic E-state index is 0.0633. The third-order valence-electron chi connectivity index (χ3n) is 13.6. The number of carbonyl (C=O) groups is 3. The van der Waals surface area contributed by atoms with Crippen molar-refractivity contribution in [3.05, 3.63) is 0 Å². The van der Waals surface area contributed by atoms with Gasteiger partial charge in [0.1, 0.15) is 13.2 Å². The molecule has 0 heterocycles. The van der Waals surface area contributed by atoms with Crippen molar-refractivity contribution in [3.63, 3.8) is 0 Å². The lowest BCUT2D eigenvalue weighted by Gasteiger charge is -2.18. The molecule has 0 amide bonds. The summed E-state index contributed by atoms with van der Waals surface area (Å²) in [7, 11) is 0. The lowest BCUT2D eigenvalue weighted by molar-refractivity contribution is -0.167. The molecule has 6 nitrogen and oxygen atoms in total. The van der Waals surface area contributed by atoms with Crippen LogP contribution in [0.15, 0.2) is 0 Å². The molecule has 0 aliphatic heterocycles. The summed E-state index contributed by atoms with van der Waals surface area (Å²) in [5.74, 6) is 0.842. The van der Waals surface area contributed by atoms with Crippen LogP contribution in [0.3, 0.4) is 0 Å². The largest absolute Gasteiger partial charge is 0.462 e. The number of esters is 3. The summed E-state index contributed by atoms with van der Waals surface area (Å²) < 4.78 is 16.9. The van der Waals surface area contributed by atoms with E-state index in [1.807, 2.05) is 0 Å². The van der Waals surface area contributed by atoms with E-state index in [2.05, 4.69) is 34.6 Å². The van der Waals surface area contributed by atoms with Crippen LogP contribution in [0.25, 0.3) is 0 Å². The van der Waals surface area contributed by atoms with Gasteiger partial charge in [0.05, 0.1) is 0 Å². The van der Waals surface area contributed by atoms with Crippen molar-refractivity contribution >= 4 is 17.9 Å². The Morgan fingerprint density at radius 3 is 0.891 bits per heavy atom. The van der Waals surface area contributed by atoms with Gasteiger partial charge >= 0.3 is 17.9 Å². The van der Waals surface area contributed by atoms with Crippen molar-refractivity contribution < 1.29 is 28.6 Å². The van der Waals surface area contributed by atoms with Gasteiger partial charge in [0.15, 0.2) is 6.10 Å². The fourth-order valence-electron chi connectivity index (χ4n) is 8.84. The van der Waals surface area contributed by atoms with Crippen molar-refractivity contribution in [3.8, 4) is 0 Å². The Bertz CT molecular complexity index is 980. The fraction of sp³-hybridized carbons (Fsp3) is 0.948. The van der Waals surface area contributed by atoms with Crippen molar-refractivity contribution in [1.82, 2.24) is 0 Å². The number of unbranched alkanes of at least 4 members (excludes halogenated alkanes) is 36. The van der Waals surface area contributed by atoms with Crippen molar-refractivity contribution in [2.75, 3.05) is 13.2 Å². The first-order valence-corrected chi connectivity index (χ1v) is 28.8. The molecule has 0 saturated heterocycles. The van der Waals surface area contributed by atoms with Crippen LogP contribution in [0.4, 0.5) is 0 Å². The predicted octanol–water partition coefficient (Wildman–Crippen LogP) is 18.9. The van der Waals surface area contributed by atoms with Crippen LogP contribution in [-0.4, -0.2) is 37.2 Å². The first kappa shape index (κ1) is 62.4.